The van der Waals surface area contributed by atoms with E-state index in [9.17, 15) is 0 Å². The summed E-state index contributed by atoms with van der Waals surface area (Å²) < 4.78 is 0. The smallest absolute Gasteiger partial charge is 0.0320 e. The molecular formula is C17H22ClN. The summed E-state index contributed by atoms with van der Waals surface area (Å²) in [6.07, 6.45) is 1.11. The van der Waals surface area contributed by atoms with Crippen LogP contribution < -0.4 is 5.73 Å². The number of benzene rings is 2. The molecule has 0 bridgehead atoms. The number of hydrogen-bond donors (Lipinski definition) is 1. The van der Waals surface area contributed by atoms with Gasteiger partial charge in [-0.3, -0.25) is 0 Å². The highest BCUT2D eigenvalue weighted by Crippen LogP contribution is 2.25. The molecule has 2 N–H and O–H groups in total. The van der Waals surface area contributed by atoms with Crippen LogP contribution in [-0.2, 0) is 0 Å². The van der Waals surface area contributed by atoms with Gasteiger partial charge in [-0.25, -0.2) is 0 Å². The van der Waals surface area contributed by atoms with Gasteiger partial charge in [-0.2, -0.15) is 0 Å². The predicted octanol–water partition coefficient (Wildman–Crippen LogP) is 4.82. The third-order valence-corrected chi connectivity index (χ3v) is 3.66. The van der Waals surface area contributed by atoms with Gasteiger partial charge in [-0.1, -0.05) is 74.9 Å². The summed E-state index contributed by atoms with van der Waals surface area (Å²) in [7, 11) is 0. The molecule has 102 valence electrons. The van der Waals surface area contributed by atoms with E-state index >= 15 is 0 Å². The zero-order chi connectivity index (χ0) is 13.0. The van der Waals surface area contributed by atoms with Crippen molar-refractivity contribution in [2.45, 2.75) is 26.3 Å². The van der Waals surface area contributed by atoms with Crippen molar-refractivity contribution >= 4 is 12.4 Å². The van der Waals surface area contributed by atoms with E-state index in [1.54, 1.807) is 0 Å². The summed E-state index contributed by atoms with van der Waals surface area (Å²) >= 11 is 0. The first-order chi connectivity index (χ1) is 8.72. The lowest BCUT2D eigenvalue weighted by atomic mass is 9.92. The lowest BCUT2D eigenvalue weighted by Gasteiger charge is -2.18. The second kappa shape index (κ2) is 7.32. The molecule has 0 spiro atoms. The van der Waals surface area contributed by atoms with Crippen molar-refractivity contribution in [3.8, 4) is 11.1 Å². The Kier molecular flexibility index (Phi) is 6.07. The summed E-state index contributed by atoms with van der Waals surface area (Å²) in [5.74, 6) is 0.521. The van der Waals surface area contributed by atoms with Gasteiger partial charge in [-0.15, -0.1) is 12.4 Å². The molecule has 0 saturated carbocycles. The van der Waals surface area contributed by atoms with Gasteiger partial charge in [0, 0.05) is 6.04 Å². The molecule has 0 aliphatic heterocycles. The highest BCUT2D eigenvalue weighted by atomic mass is 35.5. The lowest BCUT2D eigenvalue weighted by Crippen LogP contribution is -2.18. The molecule has 2 aromatic carbocycles. The van der Waals surface area contributed by atoms with Gasteiger partial charge in [0.15, 0.2) is 0 Å². The first-order valence-corrected chi connectivity index (χ1v) is 6.63. The molecular weight excluding hydrogens is 254 g/mol. The molecule has 2 rings (SSSR count). The van der Waals surface area contributed by atoms with Crippen molar-refractivity contribution in [3.63, 3.8) is 0 Å². The van der Waals surface area contributed by atoms with E-state index in [-0.39, 0.29) is 18.4 Å². The van der Waals surface area contributed by atoms with E-state index in [0.717, 1.165) is 6.42 Å². The van der Waals surface area contributed by atoms with Crippen LogP contribution in [0.5, 0.6) is 0 Å². The zero-order valence-corrected chi connectivity index (χ0v) is 12.4. The Morgan fingerprint density at radius 3 is 1.95 bits per heavy atom. The molecule has 0 amide bonds. The van der Waals surface area contributed by atoms with Crippen LogP contribution in [0.1, 0.15) is 31.9 Å². The lowest BCUT2D eigenvalue weighted by molar-refractivity contribution is 0.457. The SMILES string of the molecule is CCC(C)[C@H](N)c1ccc(-c2ccccc2)cc1.Cl. The largest absolute Gasteiger partial charge is 0.324 e. The molecule has 2 heteroatoms. The third kappa shape index (κ3) is 3.82. The van der Waals surface area contributed by atoms with Crippen LogP contribution in [0, 0.1) is 5.92 Å². The predicted molar refractivity (Wildman–Crippen MR) is 85.5 cm³/mol. The summed E-state index contributed by atoms with van der Waals surface area (Å²) in [6, 6.07) is 19.2. The molecule has 19 heavy (non-hydrogen) atoms. The van der Waals surface area contributed by atoms with E-state index in [0.29, 0.717) is 5.92 Å². The Labute approximate surface area is 122 Å². The Morgan fingerprint density at radius 1 is 0.895 bits per heavy atom. The number of rotatable bonds is 4. The standard InChI is InChI=1S/C17H21N.ClH/c1-3-13(2)17(18)16-11-9-15(10-12-16)14-7-5-4-6-8-14;/h4-13,17H,3,18H2,1-2H3;1H/t13?,17-;/m0./s1. The van der Waals surface area contributed by atoms with Crippen molar-refractivity contribution in [2.24, 2.45) is 11.7 Å². The number of hydrogen-bond acceptors (Lipinski definition) is 1. The Hall–Kier alpha value is -1.31. The van der Waals surface area contributed by atoms with Crippen LogP contribution in [-0.4, -0.2) is 0 Å². The minimum Gasteiger partial charge on any atom is -0.324 e. The summed E-state index contributed by atoms with van der Waals surface area (Å²) in [4.78, 5) is 0. The maximum absolute atomic E-state index is 6.24. The van der Waals surface area contributed by atoms with Crippen molar-refractivity contribution in [1.82, 2.24) is 0 Å². The number of nitrogens with two attached hydrogens (primary N) is 1. The van der Waals surface area contributed by atoms with Crippen LogP contribution >= 0.6 is 12.4 Å². The van der Waals surface area contributed by atoms with E-state index in [1.807, 2.05) is 6.07 Å². The Bertz CT molecular complexity index is 478. The molecule has 0 aliphatic carbocycles. The van der Waals surface area contributed by atoms with Crippen molar-refractivity contribution in [2.75, 3.05) is 0 Å². The minimum absolute atomic E-state index is 0. The monoisotopic (exact) mass is 275 g/mol. The highest BCUT2D eigenvalue weighted by molar-refractivity contribution is 5.85. The average molecular weight is 276 g/mol. The second-order valence-corrected chi connectivity index (χ2v) is 4.90. The van der Waals surface area contributed by atoms with E-state index in [2.05, 4.69) is 62.4 Å². The summed E-state index contributed by atoms with van der Waals surface area (Å²) in [5, 5.41) is 0. The maximum atomic E-state index is 6.24. The quantitative estimate of drug-likeness (QED) is 0.850. The fourth-order valence-corrected chi connectivity index (χ4v) is 2.11. The van der Waals surface area contributed by atoms with Crippen molar-refractivity contribution < 1.29 is 0 Å². The van der Waals surface area contributed by atoms with E-state index in [1.165, 1.54) is 16.7 Å². The van der Waals surface area contributed by atoms with Gasteiger partial charge in [-0.05, 0) is 22.6 Å². The molecule has 2 aromatic rings. The average Bonchev–Trinajstić information content (AvgIpc) is 2.47. The van der Waals surface area contributed by atoms with E-state index < -0.39 is 0 Å². The first kappa shape index (κ1) is 15.7. The fraction of sp³-hybridized carbons (Fsp3) is 0.294. The molecule has 1 unspecified atom stereocenters. The Morgan fingerprint density at radius 2 is 1.42 bits per heavy atom. The van der Waals surface area contributed by atoms with Crippen molar-refractivity contribution in [1.29, 1.82) is 0 Å². The molecule has 0 radical (unpaired) electrons. The fourth-order valence-electron chi connectivity index (χ4n) is 2.11. The normalized spacial score (nSPS) is 13.4. The van der Waals surface area contributed by atoms with Gasteiger partial charge in [0.25, 0.3) is 0 Å². The minimum atomic E-state index is 0. The molecule has 0 saturated heterocycles. The highest BCUT2D eigenvalue weighted by Gasteiger charge is 2.12. The van der Waals surface area contributed by atoms with Crippen LogP contribution in [0.4, 0.5) is 0 Å². The Balaban J connectivity index is 0.00000180. The maximum Gasteiger partial charge on any atom is 0.0320 e. The third-order valence-electron chi connectivity index (χ3n) is 3.66. The van der Waals surface area contributed by atoms with Gasteiger partial charge in [0.2, 0.25) is 0 Å². The van der Waals surface area contributed by atoms with Crippen LogP contribution in [0.25, 0.3) is 11.1 Å². The van der Waals surface area contributed by atoms with E-state index in [4.69, 9.17) is 5.73 Å². The molecule has 0 heterocycles. The van der Waals surface area contributed by atoms with Gasteiger partial charge < -0.3 is 5.73 Å². The van der Waals surface area contributed by atoms with Gasteiger partial charge in [0.05, 0.1) is 0 Å². The summed E-state index contributed by atoms with van der Waals surface area (Å²) in [5.41, 5.74) is 9.96. The second-order valence-electron chi connectivity index (χ2n) is 4.90. The first-order valence-electron chi connectivity index (χ1n) is 6.63. The molecule has 0 aliphatic rings. The molecule has 0 aromatic heterocycles. The van der Waals surface area contributed by atoms with Crippen LogP contribution in [0.3, 0.4) is 0 Å². The number of halogens is 1. The van der Waals surface area contributed by atoms with Crippen molar-refractivity contribution in [3.05, 3.63) is 60.2 Å². The molecule has 2 atom stereocenters. The molecule has 1 nitrogen and oxygen atoms in total. The van der Waals surface area contributed by atoms with Crippen LogP contribution in [0.15, 0.2) is 54.6 Å². The summed E-state index contributed by atoms with van der Waals surface area (Å²) in [6.45, 7) is 4.39. The molecule has 0 fully saturated rings. The zero-order valence-electron chi connectivity index (χ0n) is 11.5. The van der Waals surface area contributed by atoms with Crippen LogP contribution in [0.2, 0.25) is 0 Å². The topological polar surface area (TPSA) is 26.0 Å². The van der Waals surface area contributed by atoms with Gasteiger partial charge in [0.1, 0.15) is 0 Å². The van der Waals surface area contributed by atoms with Gasteiger partial charge >= 0.3 is 0 Å².